The van der Waals surface area contributed by atoms with Gasteiger partial charge < -0.3 is 15.7 Å². The van der Waals surface area contributed by atoms with E-state index in [4.69, 9.17) is 0 Å². The fourth-order valence-corrected chi connectivity index (χ4v) is 4.01. The topological polar surface area (TPSA) is 95.5 Å². The number of aliphatic hydroxyl groups is 1. The van der Waals surface area contributed by atoms with E-state index in [9.17, 15) is 18.3 Å². The fourth-order valence-electron chi connectivity index (χ4n) is 1.87. The fraction of sp³-hybridized carbons (Fsp3) is 0.364. The molecule has 19 heavy (non-hydrogen) atoms. The van der Waals surface area contributed by atoms with Crippen LogP contribution in [0, 0.1) is 0 Å². The Morgan fingerprint density at radius 2 is 2.11 bits per heavy atom. The summed E-state index contributed by atoms with van der Waals surface area (Å²) in [7, 11) is -3.27. The highest BCUT2D eigenvalue weighted by Crippen LogP contribution is 2.16. The number of nitrogens with one attached hydrogen (secondary N) is 2. The Hall–Kier alpha value is -1.12. The minimum absolute atomic E-state index is 0.236. The molecule has 0 aromatic heterocycles. The molecule has 1 aliphatic rings. The van der Waals surface area contributed by atoms with Gasteiger partial charge in [0.2, 0.25) is 0 Å². The van der Waals surface area contributed by atoms with Crippen molar-refractivity contribution in [2.75, 3.05) is 16.8 Å². The third-order valence-corrected chi connectivity index (χ3v) is 4.93. The van der Waals surface area contributed by atoms with Gasteiger partial charge in [-0.1, -0.05) is 22.0 Å². The van der Waals surface area contributed by atoms with Crippen LogP contribution in [0.4, 0.5) is 10.5 Å². The second-order valence-electron chi connectivity index (χ2n) is 4.36. The molecule has 2 atom stereocenters. The van der Waals surface area contributed by atoms with Crippen molar-refractivity contribution in [1.82, 2.24) is 5.32 Å². The van der Waals surface area contributed by atoms with Gasteiger partial charge >= 0.3 is 6.03 Å². The maximum atomic E-state index is 11.7. The first-order valence-electron chi connectivity index (χ1n) is 5.57. The lowest BCUT2D eigenvalue weighted by Gasteiger charge is -2.15. The summed E-state index contributed by atoms with van der Waals surface area (Å²) in [5, 5.41) is 14.6. The first-order valence-corrected chi connectivity index (χ1v) is 8.19. The highest BCUT2D eigenvalue weighted by molar-refractivity contribution is 9.10. The van der Waals surface area contributed by atoms with Crippen LogP contribution in [-0.4, -0.2) is 43.2 Å². The van der Waals surface area contributed by atoms with E-state index in [-0.39, 0.29) is 11.5 Å². The van der Waals surface area contributed by atoms with E-state index < -0.39 is 28.0 Å². The van der Waals surface area contributed by atoms with Crippen LogP contribution in [0.5, 0.6) is 0 Å². The molecule has 6 nitrogen and oxygen atoms in total. The number of amides is 2. The van der Waals surface area contributed by atoms with Crippen LogP contribution in [0.2, 0.25) is 0 Å². The number of aliphatic hydroxyl groups excluding tert-OH is 1. The highest BCUT2D eigenvalue weighted by Gasteiger charge is 2.37. The summed E-state index contributed by atoms with van der Waals surface area (Å²) in [6.45, 7) is 0. The number of carbonyl (C=O) groups is 1. The van der Waals surface area contributed by atoms with Gasteiger partial charge in [-0.05, 0) is 18.2 Å². The Morgan fingerprint density at radius 1 is 1.37 bits per heavy atom. The number of anilines is 1. The normalized spacial score (nSPS) is 24.9. The molecule has 2 amide bonds. The van der Waals surface area contributed by atoms with Gasteiger partial charge in [-0.3, -0.25) is 0 Å². The van der Waals surface area contributed by atoms with E-state index in [1.807, 2.05) is 6.07 Å². The maximum Gasteiger partial charge on any atom is 0.319 e. The zero-order chi connectivity index (χ0) is 14.0. The molecule has 0 aliphatic carbocycles. The van der Waals surface area contributed by atoms with Crippen molar-refractivity contribution in [3.8, 4) is 0 Å². The standard InChI is InChI=1S/C11H13BrN2O4S/c12-7-2-1-3-8(4-7)13-11(16)14-9-5-19(17,18)6-10(9)15/h1-4,9-10,15H,5-6H2,(H2,13,14,16)/t9-,10-/m1/s1. The number of benzene rings is 1. The van der Waals surface area contributed by atoms with Gasteiger partial charge in [0.05, 0.1) is 23.7 Å². The van der Waals surface area contributed by atoms with Gasteiger partial charge in [0.25, 0.3) is 0 Å². The molecule has 2 rings (SSSR count). The zero-order valence-corrected chi connectivity index (χ0v) is 12.2. The summed E-state index contributed by atoms with van der Waals surface area (Å²) >= 11 is 3.27. The molecule has 0 unspecified atom stereocenters. The number of rotatable bonds is 2. The van der Waals surface area contributed by atoms with Crippen molar-refractivity contribution in [1.29, 1.82) is 0 Å². The van der Waals surface area contributed by atoms with E-state index in [0.29, 0.717) is 5.69 Å². The van der Waals surface area contributed by atoms with Gasteiger partial charge in [-0.2, -0.15) is 0 Å². The minimum Gasteiger partial charge on any atom is -0.390 e. The van der Waals surface area contributed by atoms with Crippen LogP contribution < -0.4 is 10.6 Å². The van der Waals surface area contributed by atoms with E-state index in [2.05, 4.69) is 26.6 Å². The summed E-state index contributed by atoms with van der Waals surface area (Å²) in [6.07, 6.45) is -1.06. The molecule has 104 valence electrons. The first-order chi connectivity index (χ1) is 8.85. The summed E-state index contributed by atoms with van der Waals surface area (Å²) in [5.41, 5.74) is 0.571. The van der Waals surface area contributed by atoms with Crippen molar-refractivity contribution in [3.05, 3.63) is 28.7 Å². The smallest absolute Gasteiger partial charge is 0.319 e. The number of hydrogen-bond acceptors (Lipinski definition) is 4. The summed E-state index contributed by atoms with van der Waals surface area (Å²) < 4.78 is 23.4. The van der Waals surface area contributed by atoms with Gasteiger partial charge in [-0.25, -0.2) is 13.2 Å². The lowest BCUT2D eigenvalue weighted by Crippen LogP contribution is -2.44. The molecule has 1 heterocycles. The third-order valence-electron chi connectivity index (χ3n) is 2.72. The summed E-state index contributed by atoms with van der Waals surface area (Å²) in [5.74, 6) is -0.547. The molecule has 8 heteroatoms. The number of halogens is 1. The van der Waals surface area contributed by atoms with Gasteiger partial charge in [-0.15, -0.1) is 0 Å². The molecule has 0 saturated carbocycles. The van der Waals surface area contributed by atoms with Gasteiger partial charge in [0, 0.05) is 10.2 Å². The second-order valence-corrected chi connectivity index (χ2v) is 7.43. The van der Waals surface area contributed by atoms with E-state index in [1.54, 1.807) is 18.2 Å². The largest absolute Gasteiger partial charge is 0.390 e. The van der Waals surface area contributed by atoms with E-state index >= 15 is 0 Å². The van der Waals surface area contributed by atoms with Crippen molar-refractivity contribution in [3.63, 3.8) is 0 Å². The zero-order valence-electron chi connectivity index (χ0n) is 9.84. The summed E-state index contributed by atoms with van der Waals surface area (Å²) in [4.78, 5) is 11.7. The van der Waals surface area contributed by atoms with Gasteiger partial charge in [0.1, 0.15) is 0 Å². The van der Waals surface area contributed by atoms with Crippen molar-refractivity contribution < 1.29 is 18.3 Å². The molecule has 1 aromatic rings. The number of sulfone groups is 1. The van der Waals surface area contributed by atoms with Crippen LogP contribution in [0.1, 0.15) is 0 Å². The molecule has 0 radical (unpaired) electrons. The molecular weight excluding hydrogens is 336 g/mol. The number of hydrogen-bond donors (Lipinski definition) is 3. The highest BCUT2D eigenvalue weighted by atomic mass is 79.9. The van der Waals surface area contributed by atoms with Gasteiger partial charge in [0.15, 0.2) is 9.84 Å². The van der Waals surface area contributed by atoms with E-state index in [1.165, 1.54) is 0 Å². The molecular formula is C11H13BrN2O4S. The quantitative estimate of drug-likeness (QED) is 0.734. The molecule has 1 aliphatic heterocycles. The first kappa shape index (κ1) is 14.3. The lowest BCUT2D eigenvalue weighted by atomic mass is 10.2. The molecule has 1 fully saturated rings. The predicted molar refractivity (Wildman–Crippen MR) is 74.7 cm³/mol. The molecule has 3 N–H and O–H groups in total. The Labute approximate surface area is 119 Å². The monoisotopic (exact) mass is 348 g/mol. The number of urea groups is 1. The summed E-state index contributed by atoms with van der Waals surface area (Å²) in [6, 6.07) is 5.68. The predicted octanol–water partition coefficient (Wildman–Crippen LogP) is 0.728. The van der Waals surface area contributed by atoms with Crippen LogP contribution in [-0.2, 0) is 9.84 Å². The SMILES string of the molecule is O=C(Nc1cccc(Br)c1)N[C@@H]1CS(=O)(=O)C[C@H]1O. The van der Waals surface area contributed by atoms with Crippen molar-refractivity contribution in [2.24, 2.45) is 0 Å². The lowest BCUT2D eigenvalue weighted by molar-refractivity contribution is 0.167. The maximum absolute atomic E-state index is 11.7. The molecule has 0 spiro atoms. The molecule has 1 saturated heterocycles. The van der Waals surface area contributed by atoms with Crippen LogP contribution >= 0.6 is 15.9 Å². The number of carbonyl (C=O) groups excluding carboxylic acids is 1. The van der Waals surface area contributed by atoms with Crippen molar-refractivity contribution in [2.45, 2.75) is 12.1 Å². The third kappa shape index (κ3) is 3.92. The van der Waals surface area contributed by atoms with Crippen LogP contribution in [0.25, 0.3) is 0 Å². The average molecular weight is 349 g/mol. The van der Waals surface area contributed by atoms with Crippen LogP contribution in [0.3, 0.4) is 0 Å². The average Bonchev–Trinajstić information content (AvgIpc) is 2.51. The minimum atomic E-state index is -3.27. The van der Waals surface area contributed by atoms with Crippen molar-refractivity contribution >= 4 is 37.5 Å². The molecule has 0 bridgehead atoms. The van der Waals surface area contributed by atoms with Crippen LogP contribution in [0.15, 0.2) is 28.7 Å². The van der Waals surface area contributed by atoms with E-state index in [0.717, 1.165) is 4.47 Å². The Morgan fingerprint density at radius 3 is 2.68 bits per heavy atom. The molecule has 1 aromatic carbocycles. The Bertz CT molecular complexity index is 590. The second kappa shape index (κ2) is 5.48. The Balaban J connectivity index is 1.95. The Kier molecular flexibility index (Phi) is 4.12.